The Hall–Kier alpha value is -2.89. The number of aromatic nitrogens is 4. The number of nitrogens with zero attached hydrogens (tertiary/aromatic N) is 4. The molecule has 0 saturated carbocycles. The Morgan fingerprint density at radius 2 is 2.24 bits per heavy atom. The summed E-state index contributed by atoms with van der Waals surface area (Å²) in [6.45, 7) is 0. The van der Waals surface area contributed by atoms with Gasteiger partial charge in [-0.15, -0.1) is 5.10 Å². The lowest BCUT2D eigenvalue weighted by Crippen LogP contribution is -2.04. The van der Waals surface area contributed by atoms with Crippen molar-refractivity contribution in [1.29, 1.82) is 0 Å². The van der Waals surface area contributed by atoms with E-state index in [1.54, 1.807) is 23.0 Å². The van der Waals surface area contributed by atoms with Gasteiger partial charge in [-0.2, -0.15) is 0 Å². The Morgan fingerprint density at radius 3 is 3.19 bits per heavy atom. The molecule has 0 aromatic carbocycles. The van der Waals surface area contributed by atoms with Crippen LogP contribution in [0.15, 0.2) is 36.7 Å². The van der Waals surface area contributed by atoms with Gasteiger partial charge in [0.2, 0.25) is 0 Å². The lowest BCUT2D eigenvalue weighted by atomic mass is 10.0. The zero-order valence-electron chi connectivity index (χ0n) is 11.3. The zero-order valence-corrected chi connectivity index (χ0v) is 11.3. The van der Waals surface area contributed by atoms with Crippen LogP contribution < -0.4 is 11.1 Å². The molecular formula is C15H14N6. The van der Waals surface area contributed by atoms with Crippen molar-refractivity contribution in [2.45, 2.75) is 12.8 Å². The van der Waals surface area contributed by atoms with Crippen molar-refractivity contribution in [3.05, 3.63) is 47.9 Å². The number of allylic oxidation sites excluding steroid dienone is 1. The number of nitrogens with two attached hydrogens (primary N) is 1. The maximum absolute atomic E-state index is 5.82. The zero-order chi connectivity index (χ0) is 14.2. The molecule has 0 bridgehead atoms. The smallest absolute Gasteiger partial charge is 0.177 e. The van der Waals surface area contributed by atoms with Gasteiger partial charge < -0.3 is 11.1 Å². The first kappa shape index (κ1) is 11.9. The number of hydrogen-bond acceptors (Lipinski definition) is 5. The number of nitrogen functional groups attached to an aromatic ring is 1. The second-order valence-corrected chi connectivity index (χ2v) is 4.99. The largest absolute Gasteiger partial charge is 0.382 e. The number of hydrogen-bond donors (Lipinski definition) is 2. The molecule has 0 radical (unpaired) electrons. The van der Waals surface area contributed by atoms with Crippen LogP contribution in [0, 0.1) is 0 Å². The predicted molar refractivity (Wildman–Crippen MR) is 82.3 cm³/mol. The molecule has 6 heteroatoms. The van der Waals surface area contributed by atoms with E-state index >= 15 is 0 Å². The lowest BCUT2D eigenvalue weighted by Gasteiger charge is -2.12. The van der Waals surface area contributed by atoms with Crippen LogP contribution in [0.1, 0.15) is 17.7 Å². The van der Waals surface area contributed by atoms with E-state index in [4.69, 9.17) is 5.73 Å². The third-order valence-electron chi connectivity index (χ3n) is 3.51. The van der Waals surface area contributed by atoms with Crippen LogP contribution in [-0.2, 0) is 6.42 Å². The molecule has 0 fully saturated rings. The topological polar surface area (TPSA) is 81.1 Å². The average molecular weight is 278 g/mol. The maximum atomic E-state index is 5.82. The van der Waals surface area contributed by atoms with Gasteiger partial charge in [-0.25, -0.2) is 14.5 Å². The van der Waals surface area contributed by atoms with Crippen LogP contribution in [0.2, 0.25) is 0 Å². The molecular weight excluding hydrogens is 264 g/mol. The van der Waals surface area contributed by atoms with E-state index in [1.807, 2.05) is 6.07 Å². The maximum Gasteiger partial charge on any atom is 0.177 e. The summed E-state index contributed by atoms with van der Waals surface area (Å²) < 4.78 is 1.65. The van der Waals surface area contributed by atoms with Crippen LogP contribution in [-0.4, -0.2) is 19.6 Å². The summed E-state index contributed by atoms with van der Waals surface area (Å²) in [5.41, 5.74) is 9.63. The van der Waals surface area contributed by atoms with Gasteiger partial charge >= 0.3 is 0 Å². The SMILES string of the molecule is Nc1cc(Nc2ccc3c(n2)C=CCC3)c2nccn2n1. The number of rotatable bonds is 2. The molecule has 0 saturated heterocycles. The minimum atomic E-state index is 0.431. The molecule has 4 rings (SSSR count). The van der Waals surface area contributed by atoms with Crippen LogP contribution in [0.5, 0.6) is 0 Å². The van der Waals surface area contributed by atoms with Gasteiger partial charge in [-0.3, -0.25) is 0 Å². The molecule has 21 heavy (non-hydrogen) atoms. The van der Waals surface area contributed by atoms with E-state index in [9.17, 15) is 0 Å². The number of nitrogens with one attached hydrogen (secondary N) is 1. The molecule has 0 unspecified atom stereocenters. The molecule has 3 aromatic rings. The fourth-order valence-electron chi connectivity index (χ4n) is 2.53. The summed E-state index contributed by atoms with van der Waals surface area (Å²) in [6, 6.07) is 5.86. The minimum absolute atomic E-state index is 0.431. The van der Waals surface area contributed by atoms with Gasteiger partial charge in [-0.1, -0.05) is 12.1 Å². The number of pyridine rings is 1. The van der Waals surface area contributed by atoms with Gasteiger partial charge in [0, 0.05) is 18.5 Å². The van der Waals surface area contributed by atoms with Crippen molar-refractivity contribution in [3.8, 4) is 0 Å². The van der Waals surface area contributed by atoms with E-state index in [0.29, 0.717) is 5.82 Å². The van der Waals surface area contributed by atoms with E-state index in [-0.39, 0.29) is 0 Å². The third-order valence-corrected chi connectivity index (χ3v) is 3.51. The fraction of sp³-hybridized carbons (Fsp3) is 0.133. The first-order valence-electron chi connectivity index (χ1n) is 6.83. The van der Waals surface area contributed by atoms with E-state index in [0.717, 1.165) is 35.7 Å². The van der Waals surface area contributed by atoms with Gasteiger partial charge in [0.15, 0.2) is 5.65 Å². The molecule has 0 amide bonds. The molecule has 1 aliphatic carbocycles. The summed E-state index contributed by atoms with van der Waals surface area (Å²) in [6.07, 6.45) is 9.80. The van der Waals surface area contributed by atoms with Gasteiger partial charge in [0.1, 0.15) is 11.6 Å². The van der Waals surface area contributed by atoms with Crippen molar-refractivity contribution in [2.75, 3.05) is 11.1 Å². The molecule has 0 spiro atoms. The molecule has 0 aliphatic heterocycles. The highest BCUT2D eigenvalue weighted by Gasteiger charge is 2.09. The summed E-state index contributed by atoms with van der Waals surface area (Å²) in [5.74, 6) is 1.21. The Balaban J connectivity index is 1.75. The number of imidazole rings is 1. The molecule has 1 aliphatic rings. The monoisotopic (exact) mass is 278 g/mol. The van der Waals surface area contributed by atoms with E-state index < -0.39 is 0 Å². The van der Waals surface area contributed by atoms with Gasteiger partial charge in [0.05, 0.1) is 11.4 Å². The summed E-state index contributed by atoms with van der Waals surface area (Å²) in [4.78, 5) is 8.92. The van der Waals surface area contributed by atoms with Crippen molar-refractivity contribution < 1.29 is 0 Å². The first-order chi connectivity index (χ1) is 10.3. The van der Waals surface area contributed by atoms with Crippen LogP contribution in [0.25, 0.3) is 11.7 Å². The summed E-state index contributed by atoms with van der Waals surface area (Å²) >= 11 is 0. The third kappa shape index (κ3) is 2.10. The lowest BCUT2D eigenvalue weighted by molar-refractivity contribution is 0.945. The minimum Gasteiger partial charge on any atom is -0.382 e. The molecule has 3 N–H and O–H groups in total. The van der Waals surface area contributed by atoms with Crippen LogP contribution >= 0.6 is 0 Å². The average Bonchev–Trinajstić information content (AvgIpc) is 2.95. The normalized spacial score (nSPS) is 13.3. The summed E-state index contributed by atoms with van der Waals surface area (Å²) in [5, 5.41) is 7.44. The predicted octanol–water partition coefficient (Wildman–Crippen LogP) is 2.41. The molecule has 0 atom stereocenters. The number of aryl methyl sites for hydroxylation is 1. The van der Waals surface area contributed by atoms with Crippen molar-refractivity contribution in [2.24, 2.45) is 0 Å². The molecule has 3 heterocycles. The molecule has 6 nitrogen and oxygen atoms in total. The van der Waals surface area contributed by atoms with Gasteiger partial charge in [0.25, 0.3) is 0 Å². The van der Waals surface area contributed by atoms with Crippen LogP contribution in [0.3, 0.4) is 0 Å². The first-order valence-corrected chi connectivity index (χ1v) is 6.83. The highest BCUT2D eigenvalue weighted by molar-refractivity contribution is 5.74. The Labute approximate surface area is 121 Å². The Bertz CT molecular complexity index is 848. The van der Waals surface area contributed by atoms with Crippen molar-refractivity contribution in [1.82, 2.24) is 19.6 Å². The Morgan fingerprint density at radius 1 is 1.29 bits per heavy atom. The quantitative estimate of drug-likeness (QED) is 0.752. The highest BCUT2D eigenvalue weighted by atomic mass is 15.3. The van der Waals surface area contributed by atoms with Crippen molar-refractivity contribution in [3.63, 3.8) is 0 Å². The number of anilines is 3. The highest BCUT2D eigenvalue weighted by Crippen LogP contribution is 2.24. The second-order valence-electron chi connectivity index (χ2n) is 4.99. The molecule has 3 aromatic heterocycles. The van der Waals surface area contributed by atoms with Crippen molar-refractivity contribution >= 4 is 29.0 Å². The Kier molecular flexibility index (Phi) is 2.60. The number of fused-ring (bicyclic) bond motifs is 2. The van der Waals surface area contributed by atoms with Crippen LogP contribution in [0.4, 0.5) is 17.3 Å². The summed E-state index contributed by atoms with van der Waals surface area (Å²) in [7, 11) is 0. The molecule has 104 valence electrons. The van der Waals surface area contributed by atoms with E-state index in [1.165, 1.54) is 5.56 Å². The second kappa shape index (κ2) is 4.59. The van der Waals surface area contributed by atoms with Gasteiger partial charge in [-0.05, 0) is 30.5 Å². The fourth-order valence-corrected chi connectivity index (χ4v) is 2.53. The van der Waals surface area contributed by atoms with E-state index in [2.05, 4.69) is 38.6 Å². The standard InChI is InChI=1S/C15H14N6/c16-13-9-12(15-17-7-8-21(15)20-13)19-14-6-5-10-3-1-2-4-11(10)18-14/h2,4-9H,1,3H2,(H2,16,20)(H,18,19).